The second-order valence-electron chi connectivity index (χ2n) is 6.99. The number of nitrogens with one attached hydrogen (secondary N) is 2. The first-order valence-electron chi connectivity index (χ1n) is 9.42. The molecule has 7 nitrogen and oxygen atoms in total. The van der Waals surface area contributed by atoms with Gasteiger partial charge in [0.2, 0.25) is 0 Å². The van der Waals surface area contributed by atoms with Gasteiger partial charge in [0.15, 0.2) is 5.69 Å². The van der Waals surface area contributed by atoms with Crippen LogP contribution >= 0.6 is 0 Å². The van der Waals surface area contributed by atoms with Crippen molar-refractivity contribution < 1.29 is 18.0 Å². The number of H-pyrrole nitrogens is 1. The Morgan fingerprint density at radius 1 is 1.06 bits per heavy atom. The summed E-state index contributed by atoms with van der Waals surface area (Å²) >= 11 is 0. The Hall–Kier alpha value is -4.21. The quantitative estimate of drug-likeness (QED) is 0.499. The molecule has 2 heterocycles. The lowest BCUT2D eigenvalue weighted by Gasteiger charge is -2.13. The Kier molecular flexibility index (Phi) is 5.35. The molecule has 10 heteroatoms. The van der Waals surface area contributed by atoms with E-state index in [9.17, 15) is 22.8 Å². The van der Waals surface area contributed by atoms with Gasteiger partial charge >= 0.3 is 6.18 Å². The number of benzene rings is 2. The molecular formula is C22H16F3N5O2. The van der Waals surface area contributed by atoms with E-state index in [2.05, 4.69) is 20.6 Å². The topological polar surface area (TPSA) is 92.7 Å². The van der Waals surface area contributed by atoms with Crippen molar-refractivity contribution in [3.8, 4) is 16.9 Å². The predicted octanol–water partition coefficient (Wildman–Crippen LogP) is 4.20. The Labute approximate surface area is 179 Å². The number of carbonyl (C=O) groups is 1. The fraction of sp³-hybridized carbons (Fsp3) is 0.0909. The summed E-state index contributed by atoms with van der Waals surface area (Å²) in [5, 5.41) is 12.5. The minimum Gasteiger partial charge on any atom is -0.322 e. The number of hydrogen-bond acceptors (Lipinski definition) is 4. The van der Waals surface area contributed by atoms with Crippen LogP contribution in [-0.2, 0) is 6.18 Å². The molecule has 0 aliphatic carbocycles. The molecule has 0 radical (unpaired) electrons. The average molecular weight is 439 g/mol. The van der Waals surface area contributed by atoms with Crippen LogP contribution in [0.1, 0.15) is 21.6 Å². The summed E-state index contributed by atoms with van der Waals surface area (Å²) < 4.78 is 42.2. The number of aryl methyl sites for hydroxylation is 1. The van der Waals surface area contributed by atoms with Crippen molar-refractivity contribution in [2.75, 3.05) is 5.32 Å². The molecule has 2 aromatic heterocycles. The molecule has 0 aliphatic rings. The van der Waals surface area contributed by atoms with Crippen LogP contribution in [0.5, 0.6) is 0 Å². The van der Waals surface area contributed by atoms with Gasteiger partial charge in [-0.3, -0.25) is 9.59 Å². The second kappa shape index (κ2) is 8.14. The third kappa shape index (κ3) is 4.29. The van der Waals surface area contributed by atoms with Crippen molar-refractivity contribution in [3.63, 3.8) is 0 Å². The third-order valence-electron chi connectivity index (χ3n) is 4.66. The van der Waals surface area contributed by atoms with Gasteiger partial charge in [-0.25, -0.2) is 9.78 Å². The lowest BCUT2D eigenvalue weighted by molar-refractivity contribution is -0.143. The molecule has 0 fully saturated rings. The summed E-state index contributed by atoms with van der Waals surface area (Å²) in [4.78, 5) is 23.9. The summed E-state index contributed by atoms with van der Waals surface area (Å²) in [5.74, 6) is -0.956. The number of aromatic nitrogens is 4. The summed E-state index contributed by atoms with van der Waals surface area (Å²) in [5.41, 5.74) is 0.176. The van der Waals surface area contributed by atoms with Crippen molar-refractivity contribution in [2.24, 2.45) is 0 Å². The van der Waals surface area contributed by atoms with E-state index < -0.39 is 23.3 Å². The van der Waals surface area contributed by atoms with Crippen molar-refractivity contribution in [3.05, 3.63) is 94.0 Å². The largest absolute Gasteiger partial charge is 0.434 e. The van der Waals surface area contributed by atoms with E-state index in [1.165, 1.54) is 36.4 Å². The number of alkyl halides is 3. The number of anilines is 1. The van der Waals surface area contributed by atoms with Gasteiger partial charge < -0.3 is 5.32 Å². The molecule has 1 amide bonds. The van der Waals surface area contributed by atoms with E-state index in [-0.39, 0.29) is 16.9 Å². The van der Waals surface area contributed by atoms with Gasteiger partial charge in [-0.05, 0) is 37.3 Å². The van der Waals surface area contributed by atoms with Gasteiger partial charge in [0.05, 0.1) is 23.1 Å². The maximum absolute atomic E-state index is 13.8. The SMILES string of the molecule is Cc1ccc(-n2ncc(C(=O)Nc3cccc(-c4ccc(=O)[nH]n4)c3)c2C(F)(F)F)cc1. The number of hydrogen-bond donors (Lipinski definition) is 2. The molecule has 32 heavy (non-hydrogen) atoms. The van der Waals surface area contributed by atoms with E-state index in [1.54, 1.807) is 24.3 Å². The van der Waals surface area contributed by atoms with Gasteiger partial charge in [0.1, 0.15) is 0 Å². The molecule has 0 spiro atoms. The second-order valence-corrected chi connectivity index (χ2v) is 6.99. The number of rotatable bonds is 4. The van der Waals surface area contributed by atoms with Crippen LogP contribution in [-0.4, -0.2) is 25.9 Å². The van der Waals surface area contributed by atoms with Gasteiger partial charge in [0.25, 0.3) is 11.5 Å². The van der Waals surface area contributed by atoms with Gasteiger partial charge in [-0.15, -0.1) is 0 Å². The fourth-order valence-electron chi connectivity index (χ4n) is 3.13. The van der Waals surface area contributed by atoms with Crippen LogP contribution in [0.15, 0.2) is 71.7 Å². The molecule has 0 unspecified atom stereocenters. The van der Waals surface area contributed by atoms with E-state index in [0.29, 0.717) is 15.9 Å². The fourth-order valence-corrected chi connectivity index (χ4v) is 3.13. The highest BCUT2D eigenvalue weighted by atomic mass is 19.4. The van der Waals surface area contributed by atoms with E-state index in [4.69, 9.17) is 0 Å². The minimum absolute atomic E-state index is 0.188. The zero-order chi connectivity index (χ0) is 22.9. The zero-order valence-electron chi connectivity index (χ0n) is 16.6. The molecule has 162 valence electrons. The van der Waals surface area contributed by atoms with Crippen molar-refractivity contribution in [1.29, 1.82) is 0 Å². The highest BCUT2D eigenvalue weighted by molar-refractivity contribution is 6.05. The summed E-state index contributed by atoms with van der Waals surface area (Å²) in [6, 6.07) is 15.5. The van der Waals surface area contributed by atoms with Crippen molar-refractivity contribution >= 4 is 11.6 Å². The smallest absolute Gasteiger partial charge is 0.322 e. The molecule has 0 bridgehead atoms. The van der Waals surface area contributed by atoms with E-state index in [0.717, 1.165) is 11.8 Å². The molecular weight excluding hydrogens is 423 g/mol. The van der Waals surface area contributed by atoms with Crippen LogP contribution in [0, 0.1) is 6.92 Å². The summed E-state index contributed by atoms with van der Waals surface area (Å²) in [6.07, 6.45) is -3.92. The molecule has 0 aliphatic heterocycles. The highest BCUT2D eigenvalue weighted by Crippen LogP contribution is 2.34. The van der Waals surface area contributed by atoms with E-state index >= 15 is 0 Å². The molecule has 2 N–H and O–H groups in total. The van der Waals surface area contributed by atoms with Crippen LogP contribution in [0.2, 0.25) is 0 Å². The molecule has 0 atom stereocenters. The Balaban J connectivity index is 1.67. The Bertz CT molecular complexity index is 1320. The number of nitrogens with zero attached hydrogens (tertiary/aromatic N) is 3. The van der Waals surface area contributed by atoms with Crippen molar-refractivity contribution in [1.82, 2.24) is 20.0 Å². The molecule has 4 aromatic rings. The third-order valence-corrected chi connectivity index (χ3v) is 4.66. The first-order valence-corrected chi connectivity index (χ1v) is 9.42. The van der Waals surface area contributed by atoms with Crippen LogP contribution in [0.25, 0.3) is 16.9 Å². The van der Waals surface area contributed by atoms with Gasteiger partial charge in [0, 0.05) is 17.3 Å². The molecule has 2 aromatic carbocycles. The number of aromatic amines is 1. The number of amides is 1. The summed E-state index contributed by atoms with van der Waals surface area (Å²) in [7, 11) is 0. The molecule has 0 saturated carbocycles. The molecule has 0 saturated heterocycles. The zero-order valence-corrected chi connectivity index (χ0v) is 16.6. The first kappa shape index (κ1) is 21.0. The minimum atomic E-state index is -4.81. The monoisotopic (exact) mass is 439 g/mol. The van der Waals surface area contributed by atoms with Crippen LogP contribution in [0.3, 0.4) is 0 Å². The van der Waals surface area contributed by atoms with Crippen LogP contribution in [0.4, 0.5) is 18.9 Å². The maximum atomic E-state index is 13.8. The number of halogens is 3. The normalized spacial score (nSPS) is 11.4. The van der Waals surface area contributed by atoms with E-state index in [1.807, 2.05) is 6.92 Å². The summed E-state index contributed by atoms with van der Waals surface area (Å²) in [6.45, 7) is 1.81. The Morgan fingerprint density at radius 3 is 2.47 bits per heavy atom. The Morgan fingerprint density at radius 2 is 1.81 bits per heavy atom. The average Bonchev–Trinajstić information content (AvgIpc) is 3.21. The maximum Gasteiger partial charge on any atom is 0.434 e. The number of carbonyl (C=O) groups excluding carboxylic acids is 1. The lowest BCUT2D eigenvalue weighted by Crippen LogP contribution is -2.20. The standard InChI is InChI=1S/C22H16F3N5O2/c1-13-5-7-16(8-6-13)30-20(22(23,24)25)17(12-26-30)21(32)27-15-4-2-3-14(11-15)18-9-10-19(31)29-28-18/h2-12H,1H3,(H,27,32)(H,29,31). The lowest BCUT2D eigenvalue weighted by atomic mass is 10.1. The molecule has 4 rings (SSSR count). The highest BCUT2D eigenvalue weighted by Gasteiger charge is 2.40. The van der Waals surface area contributed by atoms with Crippen molar-refractivity contribution in [2.45, 2.75) is 13.1 Å². The predicted molar refractivity (Wildman–Crippen MR) is 112 cm³/mol. The first-order chi connectivity index (χ1) is 15.2. The van der Waals surface area contributed by atoms with Gasteiger partial charge in [-0.2, -0.15) is 23.4 Å². The van der Waals surface area contributed by atoms with Gasteiger partial charge in [-0.1, -0.05) is 29.8 Å². The van der Waals surface area contributed by atoms with Crippen LogP contribution < -0.4 is 10.9 Å².